The van der Waals surface area contributed by atoms with E-state index in [1.807, 2.05) is 0 Å². The van der Waals surface area contributed by atoms with Gasteiger partial charge >= 0.3 is 5.97 Å². The summed E-state index contributed by atoms with van der Waals surface area (Å²) < 4.78 is 20.7. The topological polar surface area (TPSA) is 139 Å². The van der Waals surface area contributed by atoms with Gasteiger partial charge in [0.2, 0.25) is 0 Å². The largest absolute Gasteiger partial charge is 0.479 e. The minimum absolute atomic E-state index is 0.0985. The van der Waals surface area contributed by atoms with Crippen molar-refractivity contribution in [3.8, 4) is 0 Å². The van der Waals surface area contributed by atoms with Gasteiger partial charge in [0.25, 0.3) is 5.91 Å². The van der Waals surface area contributed by atoms with Crippen molar-refractivity contribution in [3.63, 3.8) is 0 Å². The lowest BCUT2D eigenvalue weighted by Crippen LogP contribution is -2.34. The zero-order valence-electron chi connectivity index (χ0n) is 14.1. The van der Waals surface area contributed by atoms with Gasteiger partial charge in [0.15, 0.2) is 35.5 Å². The van der Waals surface area contributed by atoms with Gasteiger partial charge in [-0.2, -0.15) is 0 Å². The predicted molar refractivity (Wildman–Crippen MR) is 92.2 cm³/mol. The van der Waals surface area contributed by atoms with Crippen LogP contribution in [0.25, 0.3) is 11.2 Å². The summed E-state index contributed by atoms with van der Waals surface area (Å²) in [5, 5.41) is 21.4. The highest BCUT2D eigenvalue weighted by atomic mass is 19.1. The maximum atomic E-state index is 14.4. The van der Waals surface area contributed by atoms with Crippen molar-refractivity contribution in [2.45, 2.75) is 24.6 Å². The molecule has 4 rings (SSSR count). The van der Waals surface area contributed by atoms with E-state index in [0.717, 1.165) is 10.9 Å². The normalized spacial score (nSPS) is 24.4. The van der Waals surface area contributed by atoms with Crippen LogP contribution in [0, 0.1) is 0 Å². The molecule has 1 aliphatic rings. The molecule has 3 N–H and O–H groups in total. The second kappa shape index (κ2) is 6.94. The molecule has 2 aromatic heterocycles. The number of carbonyl (C=O) groups excluding carboxylic acids is 1. The number of rotatable bonds is 4. The van der Waals surface area contributed by atoms with Crippen LogP contribution in [0.3, 0.4) is 0 Å². The molecule has 1 saturated heterocycles. The number of anilines is 1. The van der Waals surface area contributed by atoms with Gasteiger partial charge in [-0.3, -0.25) is 9.36 Å². The van der Waals surface area contributed by atoms with Crippen molar-refractivity contribution < 1.29 is 28.9 Å². The van der Waals surface area contributed by atoms with Crippen LogP contribution < -0.4 is 5.32 Å². The maximum Gasteiger partial charge on any atom is 0.335 e. The molecule has 3 aromatic rings. The van der Waals surface area contributed by atoms with Crippen LogP contribution >= 0.6 is 0 Å². The Hall–Kier alpha value is -3.44. The van der Waals surface area contributed by atoms with E-state index in [9.17, 15) is 19.1 Å². The number of benzene rings is 1. The molecule has 0 saturated carbocycles. The maximum absolute atomic E-state index is 14.4. The fourth-order valence-corrected chi connectivity index (χ4v) is 2.96. The molecule has 144 valence electrons. The van der Waals surface area contributed by atoms with Gasteiger partial charge in [-0.25, -0.2) is 24.1 Å². The average molecular weight is 387 g/mol. The Balaban J connectivity index is 1.66. The van der Waals surface area contributed by atoms with Gasteiger partial charge in [0, 0.05) is 5.56 Å². The number of carboxylic acids is 1. The van der Waals surface area contributed by atoms with Crippen molar-refractivity contribution in [1.29, 1.82) is 0 Å². The first-order chi connectivity index (χ1) is 13.5. The standard InChI is InChI=1S/C17H14FN5O5/c18-9-11(24)12(17(26)27)28-16(9)23-7-21-10-13(19-6-20-14(10)23)22-15(25)8-4-2-1-3-5-8/h1-7,9,11-12,16,24H,(H,26,27)(H,19,20,22,25)/t9-,11-,12-,16+/m0/s1. The summed E-state index contributed by atoms with van der Waals surface area (Å²) in [7, 11) is 0. The highest BCUT2D eigenvalue weighted by Gasteiger charge is 2.49. The van der Waals surface area contributed by atoms with Gasteiger partial charge in [0.1, 0.15) is 12.4 Å². The first-order valence-electron chi connectivity index (χ1n) is 8.21. The van der Waals surface area contributed by atoms with Crippen LogP contribution in [0.1, 0.15) is 16.6 Å². The summed E-state index contributed by atoms with van der Waals surface area (Å²) in [5.41, 5.74) is 0.684. The fraction of sp³-hybridized carbons (Fsp3) is 0.235. The lowest BCUT2D eigenvalue weighted by Gasteiger charge is -2.14. The summed E-state index contributed by atoms with van der Waals surface area (Å²) in [6.07, 6.45) is -4.65. The Morgan fingerprint density at radius 1 is 1.18 bits per heavy atom. The van der Waals surface area contributed by atoms with E-state index >= 15 is 0 Å². The van der Waals surface area contributed by atoms with E-state index in [1.54, 1.807) is 30.3 Å². The third kappa shape index (κ3) is 2.96. The molecule has 0 bridgehead atoms. The summed E-state index contributed by atoms with van der Waals surface area (Å²) in [4.78, 5) is 35.5. The number of ether oxygens (including phenoxy) is 1. The average Bonchev–Trinajstić information content (AvgIpc) is 3.25. The number of nitrogens with zero attached hydrogens (tertiary/aromatic N) is 4. The number of carboxylic acid groups (broad SMARTS) is 1. The Morgan fingerprint density at radius 2 is 1.93 bits per heavy atom. The van der Waals surface area contributed by atoms with Gasteiger partial charge in [-0.1, -0.05) is 18.2 Å². The van der Waals surface area contributed by atoms with Crippen molar-refractivity contribution in [2.24, 2.45) is 0 Å². The molecule has 1 aromatic carbocycles. The third-order valence-corrected chi connectivity index (χ3v) is 4.34. The monoisotopic (exact) mass is 387 g/mol. The van der Waals surface area contributed by atoms with E-state index in [-0.39, 0.29) is 17.0 Å². The molecule has 0 spiro atoms. The third-order valence-electron chi connectivity index (χ3n) is 4.34. The minimum Gasteiger partial charge on any atom is -0.479 e. The number of halogens is 1. The molecule has 4 atom stereocenters. The number of alkyl halides is 1. The SMILES string of the molecule is O=C(Nc1ncnc2c1ncn2[C@@H]1O[C@H](C(=O)O)[C@@H](O)[C@@H]1F)c1ccccc1. The van der Waals surface area contributed by atoms with Crippen LogP contribution in [0.15, 0.2) is 43.0 Å². The Kier molecular flexibility index (Phi) is 4.45. The van der Waals surface area contributed by atoms with Crippen LogP contribution in [0.4, 0.5) is 10.2 Å². The smallest absolute Gasteiger partial charge is 0.335 e. The van der Waals surface area contributed by atoms with E-state index in [1.165, 1.54) is 6.33 Å². The molecule has 0 unspecified atom stereocenters. The summed E-state index contributed by atoms with van der Waals surface area (Å²) >= 11 is 0. The molecular formula is C17H14FN5O5. The lowest BCUT2D eigenvalue weighted by atomic mass is 10.1. The Bertz CT molecular complexity index is 1040. The van der Waals surface area contributed by atoms with Gasteiger partial charge in [-0.05, 0) is 12.1 Å². The number of hydrogen-bond acceptors (Lipinski definition) is 7. The van der Waals surface area contributed by atoms with Crippen molar-refractivity contribution in [3.05, 3.63) is 48.5 Å². The van der Waals surface area contributed by atoms with Crippen molar-refractivity contribution in [1.82, 2.24) is 19.5 Å². The summed E-state index contributed by atoms with van der Waals surface area (Å²) in [5.74, 6) is -1.80. The fourth-order valence-electron chi connectivity index (χ4n) is 2.96. The Labute approximate surface area is 156 Å². The van der Waals surface area contributed by atoms with Crippen molar-refractivity contribution in [2.75, 3.05) is 5.32 Å². The number of fused-ring (bicyclic) bond motifs is 1. The molecule has 1 aliphatic heterocycles. The van der Waals surface area contributed by atoms with E-state index < -0.39 is 36.5 Å². The van der Waals surface area contributed by atoms with Gasteiger partial charge in [-0.15, -0.1) is 0 Å². The number of aliphatic carboxylic acids is 1. The summed E-state index contributed by atoms with van der Waals surface area (Å²) in [6.45, 7) is 0. The number of imidazole rings is 1. The molecule has 0 radical (unpaired) electrons. The molecule has 1 amide bonds. The molecule has 3 heterocycles. The number of aliphatic hydroxyl groups is 1. The Morgan fingerprint density at radius 3 is 2.61 bits per heavy atom. The molecular weight excluding hydrogens is 373 g/mol. The van der Waals surface area contributed by atoms with E-state index in [0.29, 0.717) is 5.56 Å². The van der Waals surface area contributed by atoms with E-state index in [2.05, 4.69) is 20.3 Å². The second-order valence-electron chi connectivity index (χ2n) is 6.09. The highest BCUT2D eigenvalue weighted by Crippen LogP contribution is 2.34. The number of carbonyl (C=O) groups is 2. The molecule has 10 nitrogen and oxygen atoms in total. The molecule has 0 aliphatic carbocycles. The number of hydrogen-bond donors (Lipinski definition) is 3. The highest BCUT2D eigenvalue weighted by molar-refractivity contribution is 6.06. The quantitative estimate of drug-likeness (QED) is 0.596. The van der Waals surface area contributed by atoms with Crippen LogP contribution in [0.2, 0.25) is 0 Å². The number of aliphatic hydroxyl groups excluding tert-OH is 1. The van der Waals surface area contributed by atoms with E-state index in [4.69, 9.17) is 9.84 Å². The zero-order valence-corrected chi connectivity index (χ0v) is 14.1. The number of aromatic nitrogens is 4. The molecule has 1 fully saturated rings. The van der Waals surface area contributed by atoms with Gasteiger partial charge < -0.3 is 20.3 Å². The first-order valence-corrected chi connectivity index (χ1v) is 8.21. The molecule has 11 heteroatoms. The summed E-state index contributed by atoms with van der Waals surface area (Å²) in [6, 6.07) is 8.44. The van der Waals surface area contributed by atoms with Crippen LogP contribution in [-0.2, 0) is 9.53 Å². The van der Waals surface area contributed by atoms with Crippen molar-refractivity contribution >= 4 is 28.9 Å². The minimum atomic E-state index is -2.00. The first kappa shape index (κ1) is 17.9. The number of amides is 1. The van der Waals surface area contributed by atoms with Crippen LogP contribution in [0.5, 0.6) is 0 Å². The second-order valence-corrected chi connectivity index (χ2v) is 6.09. The number of nitrogens with one attached hydrogen (secondary N) is 1. The predicted octanol–water partition coefficient (Wildman–Crippen LogP) is 0.760. The lowest BCUT2D eigenvalue weighted by molar-refractivity contribution is -0.155. The molecule has 28 heavy (non-hydrogen) atoms. The van der Waals surface area contributed by atoms with Crippen LogP contribution in [-0.4, -0.2) is 60.0 Å². The van der Waals surface area contributed by atoms with Gasteiger partial charge in [0.05, 0.1) is 6.33 Å². The zero-order chi connectivity index (χ0) is 19.8.